The van der Waals surface area contributed by atoms with Crippen molar-refractivity contribution >= 4 is 11.8 Å². The minimum absolute atomic E-state index is 0.0497. The van der Waals surface area contributed by atoms with Crippen molar-refractivity contribution in [3.8, 4) is 5.75 Å². The molecule has 3 rings (SSSR count). The molecular formula is C19H21FN4OS. The van der Waals surface area contributed by atoms with E-state index in [1.54, 1.807) is 18.2 Å². The van der Waals surface area contributed by atoms with Crippen molar-refractivity contribution in [2.24, 2.45) is 0 Å². The fourth-order valence-corrected chi connectivity index (χ4v) is 3.19. The number of nitrogens with zero attached hydrogens (tertiary/aromatic N) is 3. The van der Waals surface area contributed by atoms with E-state index in [4.69, 9.17) is 10.6 Å². The van der Waals surface area contributed by atoms with Crippen LogP contribution < -0.4 is 10.6 Å². The molecule has 136 valence electrons. The number of rotatable bonds is 7. The Kier molecular flexibility index (Phi) is 5.78. The summed E-state index contributed by atoms with van der Waals surface area (Å²) >= 11 is 1.49. The average Bonchev–Trinajstić information content (AvgIpc) is 2.99. The van der Waals surface area contributed by atoms with Gasteiger partial charge in [0, 0.05) is 5.75 Å². The number of ether oxygens (including phenoxy) is 1. The van der Waals surface area contributed by atoms with Crippen molar-refractivity contribution in [3.05, 3.63) is 71.3 Å². The summed E-state index contributed by atoms with van der Waals surface area (Å²) in [6.45, 7) is 4.39. The molecular weight excluding hydrogens is 351 g/mol. The van der Waals surface area contributed by atoms with Crippen LogP contribution in [0.15, 0.2) is 53.7 Å². The largest absolute Gasteiger partial charge is 0.482 e. The number of hydrogen-bond acceptors (Lipinski definition) is 5. The molecule has 26 heavy (non-hydrogen) atoms. The van der Waals surface area contributed by atoms with E-state index >= 15 is 0 Å². The molecule has 5 nitrogen and oxygen atoms in total. The fraction of sp³-hybridized carbons (Fsp3) is 0.263. The predicted molar refractivity (Wildman–Crippen MR) is 101 cm³/mol. The second-order valence-corrected chi connectivity index (χ2v) is 7.12. The number of nitrogens with two attached hydrogens (primary N) is 1. The van der Waals surface area contributed by atoms with Crippen LogP contribution in [0, 0.1) is 5.82 Å². The molecule has 2 aromatic carbocycles. The quantitative estimate of drug-likeness (QED) is 0.499. The molecule has 0 saturated heterocycles. The third kappa shape index (κ3) is 4.35. The molecule has 0 bridgehead atoms. The monoisotopic (exact) mass is 372 g/mol. The van der Waals surface area contributed by atoms with Crippen LogP contribution in [-0.4, -0.2) is 14.9 Å². The number of aromatic nitrogens is 3. The zero-order chi connectivity index (χ0) is 18.5. The van der Waals surface area contributed by atoms with Gasteiger partial charge in [-0.1, -0.05) is 62.0 Å². The van der Waals surface area contributed by atoms with E-state index in [0.717, 1.165) is 5.75 Å². The van der Waals surface area contributed by atoms with E-state index in [2.05, 4.69) is 48.3 Å². The first kappa shape index (κ1) is 18.3. The van der Waals surface area contributed by atoms with Gasteiger partial charge < -0.3 is 10.6 Å². The number of halogens is 1. The number of hydrogen-bond donors (Lipinski definition) is 1. The lowest BCUT2D eigenvalue weighted by Gasteiger charge is -2.08. The standard InChI is InChI=1S/C19H21FN4OS/c1-13(2)15-9-7-14(8-10-15)12-26-19-23-22-18(24(19)21)11-25-17-6-4-3-5-16(17)20/h3-10,13H,11-12,21H2,1-2H3. The van der Waals surface area contributed by atoms with Crippen LogP contribution in [0.5, 0.6) is 5.75 Å². The molecule has 0 unspecified atom stereocenters. The van der Waals surface area contributed by atoms with Crippen LogP contribution >= 0.6 is 11.8 Å². The maximum atomic E-state index is 13.6. The lowest BCUT2D eigenvalue weighted by molar-refractivity contribution is 0.277. The summed E-state index contributed by atoms with van der Waals surface area (Å²) in [4.78, 5) is 0. The fourth-order valence-electron chi connectivity index (χ4n) is 2.35. The van der Waals surface area contributed by atoms with E-state index in [-0.39, 0.29) is 12.4 Å². The molecule has 2 N–H and O–H groups in total. The van der Waals surface area contributed by atoms with Gasteiger partial charge in [-0.2, -0.15) is 0 Å². The summed E-state index contributed by atoms with van der Waals surface area (Å²) in [6, 6.07) is 14.7. The Hall–Kier alpha value is -2.54. The second kappa shape index (κ2) is 8.23. The molecule has 0 saturated carbocycles. The van der Waals surface area contributed by atoms with Gasteiger partial charge in [-0.05, 0) is 29.2 Å². The van der Waals surface area contributed by atoms with Crippen molar-refractivity contribution in [3.63, 3.8) is 0 Å². The maximum Gasteiger partial charge on any atom is 0.210 e. The smallest absolute Gasteiger partial charge is 0.210 e. The zero-order valence-electron chi connectivity index (χ0n) is 14.7. The van der Waals surface area contributed by atoms with Gasteiger partial charge in [0.15, 0.2) is 17.4 Å². The minimum Gasteiger partial charge on any atom is -0.482 e. The molecule has 0 radical (unpaired) electrons. The molecule has 0 aliphatic rings. The van der Waals surface area contributed by atoms with E-state index in [0.29, 0.717) is 16.9 Å². The Balaban J connectivity index is 1.59. The van der Waals surface area contributed by atoms with E-state index in [9.17, 15) is 4.39 Å². The Labute approximate surface area is 156 Å². The van der Waals surface area contributed by atoms with Gasteiger partial charge in [-0.25, -0.2) is 9.07 Å². The van der Waals surface area contributed by atoms with Crippen LogP contribution in [0.3, 0.4) is 0 Å². The minimum atomic E-state index is -0.421. The van der Waals surface area contributed by atoms with Crippen LogP contribution in [-0.2, 0) is 12.4 Å². The van der Waals surface area contributed by atoms with Crippen molar-refractivity contribution in [1.82, 2.24) is 14.9 Å². The Morgan fingerprint density at radius 1 is 1.12 bits per heavy atom. The van der Waals surface area contributed by atoms with Crippen molar-refractivity contribution < 1.29 is 9.13 Å². The van der Waals surface area contributed by atoms with Gasteiger partial charge >= 0.3 is 0 Å². The van der Waals surface area contributed by atoms with Crippen molar-refractivity contribution in [2.75, 3.05) is 5.84 Å². The summed E-state index contributed by atoms with van der Waals surface area (Å²) in [6.07, 6.45) is 0. The summed E-state index contributed by atoms with van der Waals surface area (Å²) in [5.74, 6) is 7.46. The molecule has 1 heterocycles. The molecule has 1 aromatic heterocycles. The number of benzene rings is 2. The van der Waals surface area contributed by atoms with Crippen LogP contribution in [0.4, 0.5) is 4.39 Å². The van der Waals surface area contributed by atoms with Crippen LogP contribution in [0.25, 0.3) is 0 Å². The molecule has 0 amide bonds. The zero-order valence-corrected chi connectivity index (χ0v) is 15.5. The third-order valence-corrected chi connectivity index (χ3v) is 4.96. The van der Waals surface area contributed by atoms with Crippen LogP contribution in [0.2, 0.25) is 0 Å². The summed E-state index contributed by atoms with van der Waals surface area (Å²) < 4.78 is 20.4. The summed E-state index contributed by atoms with van der Waals surface area (Å²) in [5, 5.41) is 8.71. The normalized spacial score (nSPS) is 11.1. The van der Waals surface area contributed by atoms with E-state index in [1.807, 2.05) is 0 Å². The Morgan fingerprint density at radius 3 is 2.54 bits per heavy atom. The van der Waals surface area contributed by atoms with Gasteiger partial charge in [0.05, 0.1) is 0 Å². The topological polar surface area (TPSA) is 66.0 Å². The molecule has 0 aliphatic carbocycles. The summed E-state index contributed by atoms with van der Waals surface area (Å²) in [7, 11) is 0. The highest BCUT2D eigenvalue weighted by atomic mass is 32.2. The Bertz CT molecular complexity index is 864. The number of nitrogen functional groups attached to an aromatic ring is 1. The van der Waals surface area contributed by atoms with Gasteiger partial charge in [0.1, 0.15) is 6.61 Å². The third-order valence-electron chi connectivity index (χ3n) is 3.94. The number of thioether (sulfide) groups is 1. The lowest BCUT2D eigenvalue weighted by Crippen LogP contribution is -2.16. The van der Waals surface area contributed by atoms with Gasteiger partial charge in [-0.3, -0.25) is 0 Å². The molecule has 0 spiro atoms. The van der Waals surface area contributed by atoms with Gasteiger partial charge in [0.25, 0.3) is 0 Å². The maximum absolute atomic E-state index is 13.6. The molecule has 0 atom stereocenters. The van der Waals surface area contributed by atoms with Crippen molar-refractivity contribution in [1.29, 1.82) is 0 Å². The predicted octanol–water partition coefficient (Wildman–Crippen LogP) is 4.13. The molecule has 0 aliphatic heterocycles. The highest BCUT2D eigenvalue weighted by Gasteiger charge is 2.12. The van der Waals surface area contributed by atoms with E-state index < -0.39 is 5.82 Å². The van der Waals surface area contributed by atoms with Crippen LogP contribution in [0.1, 0.15) is 36.7 Å². The highest BCUT2D eigenvalue weighted by Crippen LogP contribution is 2.23. The SMILES string of the molecule is CC(C)c1ccc(CSc2nnc(COc3ccccc3F)n2N)cc1. The van der Waals surface area contributed by atoms with Gasteiger partial charge in [0.2, 0.25) is 5.16 Å². The first-order valence-electron chi connectivity index (χ1n) is 8.33. The van der Waals surface area contributed by atoms with E-state index in [1.165, 1.54) is 33.6 Å². The second-order valence-electron chi connectivity index (χ2n) is 6.17. The summed E-state index contributed by atoms with van der Waals surface area (Å²) in [5.41, 5.74) is 2.50. The van der Waals surface area contributed by atoms with Gasteiger partial charge in [-0.15, -0.1) is 10.2 Å². The highest BCUT2D eigenvalue weighted by molar-refractivity contribution is 7.98. The first-order valence-corrected chi connectivity index (χ1v) is 9.31. The average molecular weight is 372 g/mol. The first-order chi connectivity index (χ1) is 12.5. The molecule has 3 aromatic rings. The molecule has 7 heteroatoms. The van der Waals surface area contributed by atoms with Crippen molar-refractivity contribution in [2.45, 2.75) is 37.3 Å². The molecule has 0 fully saturated rings. The Morgan fingerprint density at radius 2 is 1.85 bits per heavy atom. The lowest BCUT2D eigenvalue weighted by atomic mass is 10.0. The number of para-hydroxylation sites is 1.